The van der Waals surface area contributed by atoms with Gasteiger partial charge in [0.15, 0.2) is 0 Å². The van der Waals surface area contributed by atoms with Crippen molar-refractivity contribution in [1.29, 1.82) is 0 Å². The molecule has 0 saturated heterocycles. The Hall–Kier alpha value is -0.0600. The fraction of sp³-hybridized carbons (Fsp3) is 0.727. The predicted octanol–water partition coefficient (Wildman–Crippen LogP) is 3.14. The minimum absolute atomic E-state index is 0.774. The summed E-state index contributed by atoms with van der Waals surface area (Å²) in [6.07, 6.45) is 0. The highest BCUT2D eigenvalue weighted by atomic mass is 32.2. The zero-order valence-electron chi connectivity index (χ0n) is 9.75. The number of nitrogens with zero attached hydrogens (tertiary/aromatic N) is 1. The third-order valence-electron chi connectivity index (χ3n) is 1.83. The quantitative estimate of drug-likeness (QED) is 0.797. The second kappa shape index (κ2) is 7.25. The standard InChI is InChI=1S/C11H20N2S2/c1-4-12-5-10-7-15-11(13-10)8-14-6-9(2)3/h7,9,12H,4-6,8H2,1-3H3. The van der Waals surface area contributed by atoms with Crippen LogP contribution < -0.4 is 5.32 Å². The lowest BCUT2D eigenvalue weighted by atomic mass is 10.3. The highest BCUT2D eigenvalue weighted by Crippen LogP contribution is 2.18. The third kappa shape index (κ3) is 5.54. The maximum atomic E-state index is 4.58. The molecule has 0 atom stereocenters. The second-order valence-corrected chi connectivity index (χ2v) is 5.89. The SMILES string of the molecule is CCNCc1csc(CSCC(C)C)n1. The lowest BCUT2D eigenvalue weighted by Crippen LogP contribution is -2.11. The van der Waals surface area contributed by atoms with E-state index in [0.29, 0.717) is 0 Å². The number of hydrogen-bond acceptors (Lipinski definition) is 4. The largest absolute Gasteiger partial charge is 0.311 e. The Kier molecular flexibility index (Phi) is 6.29. The molecule has 2 nitrogen and oxygen atoms in total. The van der Waals surface area contributed by atoms with Crippen molar-refractivity contribution in [3.05, 3.63) is 16.1 Å². The van der Waals surface area contributed by atoms with Crippen LogP contribution in [0.4, 0.5) is 0 Å². The van der Waals surface area contributed by atoms with Crippen LogP contribution in [0.5, 0.6) is 0 Å². The van der Waals surface area contributed by atoms with Gasteiger partial charge in [0.2, 0.25) is 0 Å². The molecule has 4 heteroatoms. The smallest absolute Gasteiger partial charge is 0.103 e. The van der Waals surface area contributed by atoms with Crippen molar-refractivity contribution in [3.63, 3.8) is 0 Å². The molecular formula is C11H20N2S2. The van der Waals surface area contributed by atoms with E-state index >= 15 is 0 Å². The first-order chi connectivity index (χ1) is 7.22. The lowest BCUT2D eigenvalue weighted by Gasteiger charge is -2.01. The molecule has 0 aliphatic rings. The summed E-state index contributed by atoms with van der Waals surface area (Å²) in [4.78, 5) is 4.58. The fourth-order valence-corrected chi connectivity index (χ4v) is 3.06. The molecule has 0 radical (unpaired) electrons. The van der Waals surface area contributed by atoms with Gasteiger partial charge in [0.25, 0.3) is 0 Å². The van der Waals surface area contributed by atoms with Gasteiger partial charge in [-0.1, -0.05) is 20.8 Å². The minimum atomic E-state index is 0.774. The van der Waals surface area contributed by atoms with Gasteiger partial charge in [-0.2, -0.15) is 11.8 Å². The van der Waals surface area contributed by atoms with Crippen LogP contribution in [0.15, 0.2) is 5.38 Å². The Balaban J connectivity index is 2.26. The van der Waals surface area contributed by atoms with Crippen molar-refractivity contribution in [3.8, 4) is 0 Å². The van der Waals surface area contributed by atoms with Gasteiger partial charge in [-0.25, -0.2) is 4.98 Å². The maximum Gasteiger partial charge on any atom is 0.103 e. The normalized spacial score (nSPS) is 11.2. The summed E-state index contributed by atoms with van der Waals surface area (Å²) in [5, 5.41) is 6.71. The molecule has 0 saturated carbocycles. The highest BCUT2D eigenvalue weighted by molar-refractivity contribution is 7.98. The van der Waals surface area contributed by atoms with Crippen molar-refractivity contribution in [1.82, 2.24) is 10.3 Å². The summed E-state index contributed by atoms with van der Waals surface area (Å²) in [5.74, 6) is 3.06. The molecule has 1 aromatic heterocycles. The monoisotopic (exact) mass is 244 g/mol. The number of thiazole rings is 1. The molecular weight excluding hydrogens is 224 g/mol. The number of nitrogens with one attached hydrogen (secondary N) is 1. The van der Waals surface area contributed by atoms with E-state index in [1.807, 2.05) is 11.8 Å². The highest BCUT2D eigenvalue weighted by Gasteiger charge is 2.02. The summed E-state index contributed by atoms with van der Waals surface area (Å²) in [7, 11) is 0. The van der Waals surface area contributed by atoms with Gasteiger partial charge in [0.05, 0.1) is 5.69 Å². The van der Waals surface area contributed by atoms with Crippen LogP contribution in [-0.4, -0.2) is 17.3 Å². The molecule has 0 amide bonds. The first-order valence-electron chi connectivity index (χ1n) is 5.44. The van der Waals surface area contributed by atoms with E-state index in [1.165, 1.54) is 16.5 Å². The molecule has 0 unspecified atom stereocenters. The Bertz CT molecular complexity index is 271. The fourth-order valence-electron chi connectivity index (χ4n) is 1.13. The molecule has 0 aromatic carbocycles. The Morgan fingerprint density at radius 3 is 3.00 bits per heavy atom. The maximum absolute atomic E-state index is 4.58. The molecule has 86 valence electrons. The van der Waals surface area contributed by atoms with Gasteiger partial charge in [-0.05, 0) is 18.2 Å². The zero-order valence-corrected chi connectivity index (χ0v) is 11.4. The van der Waals surface area contributed by atoms with E-state index in [0.717, 1.165) is 24.8 Å². The molecule has 15 heavy (non-hydrogen) atoms. The summed E-state index contributed by atoms with van der Waals surface area (Å²) < 4.78 is 0. The van der Waals surface area contributed by atoms with E-state index in [9.17, 15) is 0 Å². The lowest BCUT2D eigenvalue weighted by molar-refractivity contribution is 0.713. The topological polar surface area (TPSA) is 24.9 Å². The minimum Gasteiger partial charge on any atom is -0.311 e. The number of aromatic nitrogens is 1. The third-order valence-corrected chi connectivity index (χ3v) is 4.29. The van der Waals surface area contributed by atoms with Crippen molar-refractivity contribution >= 4 is 23.1 Å². The Labute approximate surface area is 101 Å². The van der Waals surface area contributed by atoms with Crippen LogP contribution in [0.25, 0.3) is 0 Å². The molecule has 0 spiro atoms. The van der Waals surface area contributed by atoms with E-state index < -0.39 is 0 Å². The van der Waals surface area contributed by atoms with Gasteiger partial charge in [0.1, 0.15) is 5.01 Å². The van der Waals surface area contributed by atoms with Gasteiger partial charge in [0, 0.05) is 17.7 Å². The molecule has 1 heterocycles. The van der Waals surface area contributed by atoms with Crippen LogP contribution in [0.3, 0.4) is 0 Å². The first-order valence-corrected chi connectivity index (χ1v) is 7.47. The van der Waals surface area contributed by atoms with Crippen molar-refractivity contribution in [2.45, 2.75) is 33.1 Å². The average molecular weight is 244 g/mol. The first kappa shape index (κ1) is 13.0. The van der Waals surface area contributed by atoms with Gasteiger partial charge >= 0.3 is 0 Å². The van der Waals surface area contributed by atoms with Gasteiger partial charge in [-0.15, -0.1) is 11.3 Å². The molecule has 0 aliphatic heterocycles. The van der Waals surface area contributed by atoms with Crippen LogP contribution in [0, 0.1) is 5.92 Å². The predicted molar refractivity (Wildman–Crippen MR) is 70.5 cm³/mol. The van der Waals surface area contributed by atoms with Gasteiger partial charge < -0.3 is 5.32 Å². The average Bonchev–Trinajstić information content (AvgIpc) is 2.62. The van der Waals surface area contributed by atoms with E-state index in [1.54, 1.807) is 11.3 Å². The molecule has 0 aliphatic carbocycles. The van der Waals surface area contributed by atoms with E-state index in [4.69, 9.17) is 0 Å². The molecule has 1 N–H and O–H groups in total. The molecule has 0 fully saturated rings. The van der Waals surface area contributed by atoms with Crippen molar-refractivity contribution in [2.75, 3.05) is 12.3 Å². The number of thioether (sulfide) groups is 1. The molecule has 0 bridgehead atoms. The molecule has 1 aromatic rings. The van der Waals surface area contributed by atoms with Crippen molar-refractivity contribution in [2.24, 2.45) is 5.92 Å². The number of rotatable bonds is 7. The summed E-state index contributed by atoms with van der Waals surface area (Å²) in [6.45, 7) is 8.54. The second-order valence-electron chi connectivity index (χ2n) is 3.92. The molecule has 1 rings (SSSR count). The van der Waals surface area contributed by atoms with Crippen LogP contribution in [-0.2, 0) is 12.3 Å². The summed E-state index contributed by atoms with van der Waals surface area (Å²) in [6, 6.07) is 0. The number of hydrogen-bond donors (Lipinski definition) is 1. The van der Waals surface area contributed by atoms with E-state index in [2.05, 4.69) is 36.5 Å². The van der Waals surface area contributed by atoms with Crippen molar-refractivity contribution < 1.29 is 0 Å². The van der Waals surface area contributed by atoms with Crippen LogP contribution in [0.1, 0.15) is 31.5 Å². The zero-order chi connectivity index (χ0) is 11.1. The summed E-state index contributed by atoms with van der Waals surface area (Å²) in [5.41, 5.74) is 1.18. The Morgan fingerprint density at radius 2 is 2.33 bits per heavy atom. The Morgan fingerprint density at radius 1 is 1.53 bits per heavy atom. The van der Waals surface area contributed by atoms with Gasteiger partial charge in [-0.3, -0.25) is 0 Å². The summed E-state index contributed by atoms with van der Waals surface area (Å²) >= 11 is 3.76. The van der Waals surface area contributed by atoms with E-state index in [-0.39, 0.29) is 0 Å². The van der Waals surface area contributed by atoms with Crippen LogP contribution in [0.2, 0.25) is 0 Å². The van der Waals surface area contributed by atoms with Crippen LogP contribution >= 0.6 is 23.1 Å².